The number of benzene rings is 1. The fourth-order valence-electron chi connectivity index (χ4n) is 2.68. The van der Waals surface area contributed by atoms with Crippen molar-refractivity contribution < 1.29 is 14.9 Å². The number of H-pyrrole nitrogens is 1. The Morgan fingerprint density at radius 1 is 1.41 bits per heavy atom. The van der Waals surface area contributed by atoms with Crippen LogP contribution in [0.1, 0.15) is 16.8 Å². The van der Waals surface area contributed by atoms with Gasteiger partial charge in [0.2, 0.25) is 0 Å². The number of hydrogen-bond donors (Lipinski definition) is 3. The van der Waals surface area contributed by atoms with Crippen molar-refractivity contribution in [2.24, 2.45) is 0 Å². The van der Waals surface area contributed by atoms with Gasteiger partial charge >= 0.3 is 7.48 Å². The van der Waals surface area contributed by atoms with E-state index in [1.807, 2.05) is 0 Å². The van der Waals surface area contributed by atoms with Crippen molar-refractivity contribution in [1.82, 2.24) is 9.97 Å². The van der Waals surface area contributed by atoms with Crippen LogP contribution in [0.15, 0.2) is 23.0 Å². The van der Waals surface area contributed by atoms with Gasteiger partial charge in [0.15, 0.2) is 0 Å². The van der Waals surface area contributed by atoms with E-state index < -0.39 is 5.97 Å². The van der Waals surface area contributed by atoms with Crippen LogP contribution in [-0.4, -0.2) is 33.4 Å². The summed E-state index contributed by atoms with van der Waals surface area (Å²) in [5, 5.41) is 19.5. The van der Waals surface area contributed by atoms with Gasteiger partial charge in [-0.2, -0.15) is 11.8 Å². The number of aromatic nitrogens is 2. The molecule has 3 N–H and O–H groups in total. The van der Waals surface area contributed by atoms with E-state index in [9.17, 15) is 15.0 Å². The van der Waals surface area contributed by atoms with Crippen LogP contribution in [0.25, 0.3) is 11.4 Å². The van der Waals surface area contributed by atoms with Crippen molar-refractivity contribution in [3.05, 3.63) is 45.4 Å². The number of thioether (sulfide) groups is 1. The molecule has 2 aliphatic rings. The van der Waals surface area contributed by atoms with Crippen molar-refractivity contribution in [2.45, 2.75) is 18.1 Å². The summed E-state index contributed by atoms with van der Waals surface area (Å²) in [5.74, 6) is -0.273. The van der Waals surface area contributed by atoms with Crippen LogP contribution in [0.2, 0.25) is 0 Å². The Hall–Kier alpha value is -1.61. The molecule has 0 aliphatic carbocycles. The van der Waals surface area contributed by atoms with E-state index in [1.165, 1.54) is 7.48 Å². The lowest BCUT2D eigenvalue weighted by Gasteiger charge is -2.17. The maximum atomic E-state index is 12.2. The summed E-state index contributed by atoms with van der Waals surface area (Å²) < 4.78 is 4.81. The van der Waals surface area contributed by atoms with Gasteiger partial charge in [-0.15, -0.1) is 0 Å². The molecule has 0 saturated heterocycles. The Morgan fingerprint density at radius 3 is 3.14 bits per heavy atom. The molecule has 1 aromatic heterocycles. The van der Waals surface area contributed by atoms with E-state index in [2.05, 4.69) is 9.97 Å². The average molecular weight is 315 g/mol. The fraction of sp³-hybridized carbons (Fsp3) is 0.286. The number of hydrogen-bond acceptors (Lipinski definition) is 6. The second-order valence-electron chi connectivity index (χ2n) is 5.29. The van der Waals surface area contributed by atoms with Crippen LogP contribution < -0.4 is 11.0 Å². The molecule has 22 heavy (non-hydrogen) atoms. The molecule has 2 aliphatic heterocycles. The zero-order valence-corrected chi connectivity index (χ0v) is 12.3. The van der Waals surface area contributed by atoms with Crippen LogP contribution in [-0.2, 0) is 22.8 Å². The molecule has 0 fully saturated rings. The summed E-state index contributed by atoms with van der Waals surface area (Å²) in [4.78, 5) is 19.5. The zero-order chi connectivity index (χ0) is 15.3. The summed E-state index contributed by atoms with van der Waals surface area (Å²) in [6.07, 6.45) is 0.767. The number of aryl methyl sites for hydroxylation is 1. The van der Waals surface area contributed by atoms with Gasteiger partial charge in [0.05, 0.1) is 5.69 Å². The maximum absolute atomic E-state index is 12.2. The van der Waals surface area contributed by atoms with Crippen molar-refractivity contribution >= 4 is 24.7 Å². The van der Waals surface area contributed by atoms with E-state index in [4.69, 9.17) is 4.65 Å². The predicted octanol–water partition coefficient (Wildman–Crippen LogP) is -0.404. The molecule has 111 valence electrons. The lowest BCUT2D eigenvalue weighted by atomic mass is 9.86. The van der Waals surface area contributed by atoms with E-state index in [0.29, 0.717) is 22.6 Å². The Balaban J connectivity index is 1.83. The summed E-state index contributed by atoms with van der Waals surface area (Å²) in [6.45, 7) is 0. The third-order valence-corrected chi connectivity index (χ3v) is 4.84. The molecule has 4 rings (SSSR count). The normalized spacial score (nSPS) is 18.5. The SMILES string of the molecule is O=c1[nH]c(-c2ccc3c(c2)C(O)(O)O[B]3)nc2c1CSCC2. The molecule has 3 heterocycles. The third-order valence-electron chi connectivity index (χ3n) is 3.86. The van der Waals surface area contributed by atoms with Gasteiger partial charge < -0.3 is 19.9 Å². The lowest BCUT2D eigenvalue weighted by Crippen LogP contribution is -2.25. The zero-order valence-electron chi connectivity index (χ0n) is 11.5. The van der Waals surface area contributed by atoms with Crippen molar-refractivity contribution in [3.8, 4) is 11.4 Å². The topological polar surface area (TPSA) is 95.4 Å². The van der Waals surface area contributed by atoms with Crippen molar-refractivity contribution in [3.63, 3.8) is 0 Å². The molecule has 0 spiro atoms. The van der Waals surface area contributed by atoms with Gasteiger partial charge in [-0.1, -0.05) is 12.1 Å². The molecule has 1 radical (unpaired) electrons. The maximum Gasteiger partial charge on any atom is 0.338 e. The molecule has 0 unspecified atom stereocenters. The van der Waals surface area contributed by atoms with Gasteiger partial charge in [0.25, 0.3) is 11.5 Å². The molecule has 1 aromatic carbocycles. The van der Waals surface area contributed by atoms with Crippen LogP contribution >= 0.6 is 11.8 Å². The molecule has 0 bridgehead atoms. The number of rotatable bonds is 1. The highest BCUT2D eigenvalue weighted by molar-refractivity contribution is 7.98. The Labute approximate surface area is 130 Å². The number of aliphatic hydroxyl groups is 2. The van der Waals surface area contributed by atoms with Gasteiger partial charge in [0, 0.05) is 22.4 Å². The molecule has 8 heteroatoms. The van der Waals surface area contributed by atoms with Crippen molar-refractivity contribution in [2.75, 3.05) is 5.75 Å². The van der Waals surface area contributed by atoms with Gasteiger partial charge in [-0.25, -0.2) is 4.98 Å². The second-order valence-corrected chi connectivity index (χ2v) is 6.39. The molecular formula is C14H12BN2O4S. The Bertz CT molecular complexity index is 821. The lowest BCUT2D eigenvalue weighted by molar-refractivity contribution is -0.299. The summed E-state index contributed by atoms with van der Waals surface area (Å²) in [7, 11) is 1.29. The highest BCUT2D eigenvalue weighted by Gasteiger charge is 2.37. The molecule has 0 atom stereocenters. The molecular weight excluding hydrogens is 303 g/mol. The Morgan fingerprint density at radius 2 is 2.27 bits per heavy atom. The Kier molecular flexibility index (Phi) is 3.16. The predicted molar refractivity (Wildman–Crippen MR) is 82.7 cm³/mol. The third kappa shape index (κ3) is 2.19. The van der Waals surface area contributed by atoms with Gasteiger partial charge in [-0.05, 0) is 23.7 Å². The standard InChI is InChI=1S/C14H12BN2O4S/c18-13-8-6-22-4-3-11(8)16-12(17-13)7-1-2-10-9(5-7)14(19,20)21-15-10/h1-2,5,19-20H,3-4,6H2,(H,16,17,18). The minimum absolute atomic E-state index is 0.130. The first-order valence-corrected chi connectivity index (χ1v) is 8.00. The van der Waals surface area contributed by atoms with E-state index >= 15 is 0 Å². The van der Waals surface area contributed by atoms with Crippen molar-refractivity contribution in [1.29, 1.82) is 0 Å². The molecule has 0 amide bonds. The number of fused-ring (bicyclic) bond motifs is 2. The largest absolute Gasteiger partial charge is 0.384 e. The number of aromatic amines is 1. The minimum Gasteiger partial charge on any atom is -0.384 e. The van der Waals surface area contributed by atoms with Gasteiger partial charge in [-0.3, -0.25) is 4.79 Å². The smallest absolute Gasteiger partial charge is 0.338 e. The summed E-state index contributed by atoms with van der Waals surface area (Å²) in [5.41, 5.74) is 2.86. The van der Waals surface area contributed by atoms with Crippen LogP contribution in [0, 0.1) is 0 Å². The van der Waals surface area contributed by atoms with Crippen LogP contribution in [0.3, 0.4) is 0 Å². The van der Waals surface area contributed by atoms with Crippen LogP contribution in [0.4, 0.5) is 0 Å². The van der Waals surface area contributed by atoms with Crippen LogP contribution in [0.5, 0.6) is 0 Å². The highest BCUT2D eigenvalue weighted by atomic mass is 32.2. The van der Waals surface area contributed by atoms with E-state index in [0.717, 1.165) is 23.4 Å². The first kappa shape index (κ1) is 14.0. The first-order valence-electron chi connectivity index (χ1n) is 6.85. The van der Waals surface area contributed by atoms with E-state index in [1.54, 1.807) is 30.0 Å². The van der Waals surface area contributed by atoms with Gasteiger partial charge in [0.1, 0.15) is 5.82 Å². The first-order chi connectivity index (χ1) is 10.5. The molecule has 2 aromatic rings. The average Bonchev–Trinajstić information content (AvgIpc) is 2.82. The monoisotopic (exact) mass is 315 g/mol. The minimum atomic E-state index is -2.34. The number of nitrogens with one attached hydrogen (secondary N) is 1. The highest BCUT2D eigenvalue weighted by Crippen LogP contribution is 2.27. The summed E-state index contributed by atoms with van der Waals surface area (Å²) in [6, 6.07) is 5.04. The molecule has 0 saturated carbocycles. The fourth-order valence-corrected chi connectivity index (χ4v) is 3.66. The molecule has 6 nitrogen and oxygen atoms in total. The van der Waals surface area contributed by atoms with E-state index in [-0.39, 0.29) is 11.1 Å². The number of nitrogens with zero attached hydrogens (tertiary/aromatic N) is 1. The quantitative estimate of drug-likeness (QED) is 0.489. The summed E-state index contributed by atoms with van der Waals surface area (Å²) >= 11 is 1.72. The second kappa shape index (κ2) is 4.95.